The number of aromatic nitrogens is 2. The minimum atomic E-state index is -4.19. The third-order valence-electron chi connectivity index (χ3n) is 17.6. The maximum absolute atomic E-state index is 14.4. The number of urea groups is 3. The highest BCUT2D eigenvalue weighted by Crippen LogP contribution is 2.43. The molecule has 5 atom stereocenters. The molecular formula is C71H82N12O22S. The fourth-order valence-electron chi connectivity index (χ4n) is 12.4. The first-order valence-corrected chi connectivity index (χ1v) is 35.8. The van der Waals surface area contributed by atoms with Gasteiger partial charge in [-0.1, -0.05) is 45.9 Å². The van der Waals surface area contributed by atoms with Crippen molar-refractivity contribution in [3.8, 4) is 22.9 Å². The monoisotopic (exact) mass is 1490 g/mol. The van der Waals surface area contributed by atoms with Gasteiger partial charge in [-0.05, 0) is 110 Å². The molecule has 0 radical (unpaired) electrons. The third-order valence-corrected chi connectivity index (χ3v) is 19.0. The number of benzene rings is 4. The van der Waals surface area contributed by atoms with Gasteiger partial charge in [0.15, 0.2) is 11.5 Å². The number of aliphatic carboxylic acids is 2. The predicted octanol–water partition coefficient (Wildman–Crippen LogP) is 5.38. The second kappa shape index (κ2) is 34.9. The standard InChI is InChI=1S/C71H82N12O22S/c1-5-20-72-68(94)76-46-11-8-13-48(32-46)106(97,98)81-47-12-7-10-41(30-47)52(35-59(85)86)79-70(96)75-45-17-15-44(16-18-45)74-69(95)73-21-24-100-26-28-101-27-25-99-23-19-58(84)77-53(36-60(87)88)65(91)82-22-9-14-54(82)63(89)80-61(40(3)4)66(92)105-71(6-2)50-33-55-62-43(37-83(55)64(90)49(50)38-102-67(71)93)29-42-31-56-57(104-39-103-56)34-51(42)78-62/h7-8,10-13,15-18,29-34,40,52-54,61,81H,5-6,9,14,19-28,35-39H2,1-4H3,(H,77,84)(H,80,89)(H,85,86)(H,87,88)(H2,72,76,94)(H2,73,74,95)(H2,75,79,96). The summed E-state index contributed by atoms with van der Waals surface area (Å²) in [5.41, 5.74) is 1.05. The fraction of sp³-hybridized carbons (Fsp3) is 0.408. The van der Waals surface area contributed by atoms with Crippen molar-refractivity contribution in [2.24, 2.45) is 5.92 Å². The summed E-state index contributed by atoms with van der Waals surface area (Å²) >= 11 is 0. The van der Waals surface area contributed by atoms with Crippen LogP contribution in [0.1, 0.15) is 101 Å². The Morgan fingerprint density at radius 1 is 0.698 bits per heavy atom. The molecule has 4 aliphatic heterocycles. The van der Waals surface area contributed by atoms with E-state index in [0.717, 1.165) is 15.8 Å². The van der Waals surface area contributed by atoms with Crippen LogP contribution in [-0.2, 0) is 86.0 Å². The summed E-state index contributed by atoms with van der Waals surface area (Å²) in [5.74, 6) is -6.48. The molecule has 1 saturated heterocycles. The summed E-state index contributed by atoms with van der Waals surface area (Å²) in [6, 6.07) is 17.4. The number of esters is 2. The van der Waals surface area contributed by atoms with Crippen molar-refractivity contribution in [3.63, 3.8) is 0 Å². The zero-order valence-electron chi connectivity index (χ0n) is 58.4. The fourth-order valence-corrected chi connectivity index (χ4v) is 13.4. The number of hydrogen-bond acceptors (Lipinski definition) is 21. The summed E-state index contributed by atoms with van der Waals surface area (Å²) in [4.78, 5) is 152. The molecule has 5 unspecified atom stereocenters. The zero-order chi connectivity index (χ0) is 75.8. The Kier molecular flexibility index (Phi) is 25.4. The Balaban J connectivity index is 0.608. The van der Waals surface area contributed by atoms with Gasteiger partial charge in [0.1, 0.15) is 24.7 Å². The number of carboxylic acids is 2. The smallest absolute Gasteiger partial charge is 0.355 e. The lowest BCUT2D eigenvalue weighted by Gasteiger charge is -2.37. The summed E-state index contributed by atoms with van der Waals surface area (Å²) in [6.07, 6.45) is -0.637. The minimum Gasteiger partial charge on any atom is -0.481 e. The van der Waals surface area contributed by atoms with Crippen LogP contribution in [0.3, 0.4) is 0 Å². The Labute approximate surface area is 607 Å². The van der Waals surface area contributed by atoms with Gasteiger partial charge in [0.05, 0.1) is 92.4 Å². The van der Waals surface area contributed by atoms with Crippen LogP contribution >= 0.6 is 0 Å². The molecule has 0 spiro atoms. The van der Waals surface area contributed by atoms with Crippen molar-refractivity contribution in [2.45, 2.75) is 120 Å². The number of fused-ring (bicyclic) bond motifs is 6. The number of pyridine rings is 2. The maximum Gasteiger partial charge on any atom is 0.355 e. The van der Waals surface area contributed by atoms with Crippen molar-refractivity contribution < 1.29 is 99.7 Å². The highest BCUT2D eigenvalue weighted by molar-refractivity contribution is 7.92. The second-order valence-corrected chi connectivity index (χ2v) is 27.1. The van der Waals surface area contributed by atoms with E-state index < -0.39 is 124 Å². The molecule has 106 heavy (non-hydrogen) atoms. The normalized spacial score (nSPS) is 16.2. The average molecular weight is 1490 g/mol. The Hall–Kier alpha value is -11.4. The van der Waals surface area contributed by atoms with Gasteiger partial charge in [0.25, 0.3) is 15.6 Å². The predicted molar refractivity (Wildman–Crippen MR) is 379 cm³/mol. The maximum atomic E-state index is 14.4. The quantitative estimate of drug-likeness (QED) is 0.0178. The molecule has 6 heterocycles. The van der Waals surface area contributed by atoms with E-state index in [-0.39, 0.29) is 131 Å². The van der Waals surface area contributed by atoms with Crippen LogP contribution in [0.25, 0.3) is 22.3 Å². The topological polar surface area (TPSA) is 456 Å². The molecule has 0 saturated carbocycles. The van der Waals surface area contributed by atoms with Crippen LogP contribution in [0, 0.1) is 5.92 Å². The number of nitrogens with one attached hydrogen (secondary N) is 9. The Morgan fingerprint density at radius 2 is 1.35 bits per heavy atom. The van der Waals surface area contributed by atoms with Gasteiger partial charge in [-0.25, -0.2) is 37.4 Å². The molecule has 9 amide bonds. The van der Waals surface area contributed by atoms with E-state index >= 15 is 0 Å². The summed E-state index contributed by atoms with van der Waals surface area (Å²) in [5, 5.41) is 41.1. The van der Waals surface area contributed by atoms with Crippen LogP contribution in [0.5, 0.6) is 11.5 Å². The molecule has 6 aromatic rings. The largest absolute Gasteiger partial charge is 0.481 e. The number of cyclic esters (lactones) is 1. The van der Waals surface area contributed by atoms with E-state index in [1.807, 2.05) is 13.0 Å². The number of hydrogen-bond donors (Lipinski definition) is 11. The minimum absolute atomic E-state index is 0.0255. The number of carbonyl (C=O) groups is 10. The van der Waals surface area contributed by atoms with E-state index in [1.54, 1.807) is 39.0 Å². The van der Waals surface area contributed by atoms with Gasteiger partial charge in [-0.2, -0.15) is 0 Å². The number of carboxylic acid groups (broad SMARTS) is 2. The third kappa shape index (κ3) is 19.1. The van der Waals surface area contributed by atoms with Crippen LogP contribution in [0.15, 0.2) is 107 Å². The number of likely N-dealkylation sites (tertiary alicyclic amines) is 1. The number of rotatable bonds is 34. The first kappa shape index (κ1) is 77.2. The molecule has 2 aromatic heterocycles. The molecule has 4 aliphatic rings. The summed E-state index contributed by atoms with van der Waals surface area (Å²) in [6.45, 7) is 7.63. The van der Waals surface area contributed by atoms with Crippen molar-refractivity contribution in [3.05, 3.63) is 130 Å². The molecule has 4 aromatic carbocycles. The highest BCUT2D eigenvalue weighted by atomic mass is 32.2. The van der Waals surface area contributed by atoms with Gasteiger partial charge in [0, 0.05) is 71.4 Å². The average Bonchev–Trinajstić information content (AvgIpc) is 1.45. The molecule has 0 aliphatic carbocycles. The van der Waals surface area contributed by atoms with Gasteiger partial charge in [0.2, 0.25) is 30.1 Å². The van der Waals surface area contributed by atoms with Crippen LogP contribution in [-0.4, -0.2) is 177 Å². The summed E-state index contributed by atoms with van der Waals surface area (Å²) < 4.78 is 70.0. The van der Waals surface area contributed by atoms with E-state index in [2.05, 4.69) is 47.3 Å². The first-order valence-electron chi connectivity index (χ1n) is 34.3. The molecule has 1 fully saturated rings. The highest BCUT2D eigenvalue weighted by Gasteiger charge is 2.52. The van der Waals surface area contributed by atoms with Crippen molar-refractivity contribution in [2.75, 3.05) is 86.7 Å². The van der Waals surface area contributed by atoms with Crippen molar-refractivity contribution >= 4 is 103 Å². The van der Waals surface area contributed by atoms with Crippen LogP contribution in [0.2, 0.25) is 0 Å². The van der Waals surface area contributed by atoms with E-state index in [0.29, 0.717) is 53.5 Å². The van der Waals surface area contributed by atoms with Gasteiger partial charge in [-0.15, -0.1) is 0 Å². The van der Waals surface area contributed by atoms with Gasteiger partial charge < -0.3 is 95.4 Å². The molecule has 35 heteroatoms. The van der Waals surface area contributed by atoms with Gasteiger partial charge >= 0.3 is 42.0 Å². The molecule has 0 bridgehead atoms. The van der Waals surface area contributed by atoms with Crippen LogP contribution in [0.4, 0.5) is 37.1 Å². The zero-order valence-corrected chi connectivity index (χ0v) is 59.2. The van der Waals surface area contributed by atoms with Crippen LogP contribution < -0.4 is 62.3 Å². The SMILES string of the molecule is CCCNC(=O)Nc1cccc(S(=O)(=O)Nc2cccc(C(CC(=O)O)NC(=O)Nc3ccc(NC(=O)NCCOCCOCCOCCC(=O)NC(CC(=O)O)C(=O)N4CCCC4C(=O)NC(C(=O)OC4(CC)C(=O)OCc5c4cc4n(c5=O)Cc5cc6cc7c(cc6nc5-4)OCO7)C(C)C)cc3)c2)c1. The number of ether oxygens (including phenoxy) is 7. The number of carbonyl (C=O) groups excluding carboxylic acids is 8. The molecule has 10 rings (SSSR count). The number of nitrogens with zero attached hydrogens (tertiary/aromatic N) is 3. The van der Waals surface area contributed by atoms with Crippen molar-refractivity contribution in [1.29, 1.82) is 0 Å². The first-order chi connectivity index (χ1) is 50.8. The molecule has 34 nitrogen and oxygen atoms in total. The number of sulfonamides is 1. The Morgan fingerprint density at radius 3 is 2.04 bits per heavy atom. The summed E-state index contributed by atoms with van der Waals surface area (Å²) in [7, 11) is -4.19. The molecular weight excluding hydrogens is 1400 g/mol. The van der Waals surface area contributed by atoms with E-state index in [4.69, 9.17) is 38.1 Å². The lowest BCUT2D eigenvalue weighted by atomic mass is 9.85. The van der Waals surface area contributed by atoms with Gasteiger partial charge in [-0.3, -0.25) is 33.5 Å². The van der Waals surface area contributed by atoms with E-state index in [9.17, 15) is 71.4 Å². The number of amides is 9. The molecule has 11 N–H and O–H groups in total. The lowest BCUT2D eigenvalue weighted by Crippen LogP contribution is -2.57. The second-order valence-electron chi connectivity index (χ2n) is 25.5. The Bertz CT molecular complexity index is 4520. The van der Waals surface area contributed by atoms with E-state index in [1.165, 1.54) is 77.4 Å². The lowest BCUT2D eigenvalue weighted by molar-refractivity contribution is -0.191. The molecule has 564 valence electrons. The number of anilines is 4. The van der Waals surface area contributed by atoms with Crippen molar-refractivity contribution in [1.82, 2.24) is 41.0 Å².